The van der Waals surface area contributed by atoms with E-state index in [2.05, 4.69) is 57.3 Å². The minimum atomic E-state index is 0.340. The molecule has 0 saturated carbocycles. The fourth-order valence-corrected chi connectivity index (χ4v) is 1.69. The Labute approximate surface area is 112 Å². The topological polar surface area (TPSA) is 21.3 Å². The summed E-state index contributed by atoms with van der Waals surface area (Å²) >= 11 is 0. The highest BCUT2D eigenvalue weighted by atomic mass is 16.5. The Balaban J connectivity index is 2.41. The first-order chi connectivity index (χ1) is 8.61. The number of benzene rings is 1. The van der Waals surface area contributed by atoms with Crippen molar-refractivity contribution in [3.8, 4) is 0 Å². The van der Waals surface area contributed by atoms with E-state index in [0.717, 1.165) is 19.5 Å². The minimum Gasteiger partial charge on any atom is -0.374 e. The predicted octanol–water partition coefficient (Wildman–Crippen LogP) is 3.75. The quantitative estimate of drug-likeness (QED) is 0.757. The second-order valence-electron chi connectivity index (χ2n) is 5.37. The Bertz CT molecular complexity index is 336. The van der Waals surface area contributed by atoms with Crippen molar-refractivity contribution in [1.29, 1.82) is 0 Å². The molecule has 1 N–H and O–H groups in total. The number of hydrogen-bond acceptors (Lipinski definition) is 2. The Morgan fingerprint density at radius 2 is 1.89 bits per heavy atom. The number of rotatable bonds is 8. The van der Waals surface area contributed by atoms with Gasteiger partial charge in [0.15, 0.2) is 0 Å². The van der Waals surface area contributed by atoms with Crippen LogP contribution in [0.2, 0.25) is 0 Å². The average Bonchev–Trinajstić information content (AvgIpc) is 2.36. The zero-order valence-corrected chi connectivity index (χ0v) is 12.2. The van der Waals surface area contributed by atoms with Crippen LogP contribution in [-0.2, 0) is 17.9 Å². The molecule has 102 valence electrons. The van der Waals surface area contributed by atoms with Gasteiger partial charge in [0.2, 0.25) is 0 Å². The van der Waals surface area contributed by atoms with E-state index < -0.39 is 0 Å². The highest BCUT2D eigenvalue weighted by molar-refractivity contribution is 5.22. The number of hydrogen-bond donors (Lipinski definition) is 1. The molecule has 1 aromatic rings. The average molecular weight is 249 g/mol. The van der Waals surface area contributed by atoms with Gasteiger partial charge in [-0.1, -0.05) is 45.0 Å². The fraction of sp³-hybridized carbons (Fsp3) is 0.625. The van der Waals surface area contributed by atoms with E-state index in [1.807, 2.05) is 0 Å². The largest absolute Gasteiger partial charge is 0.374 e. The summed E-state index contributed by atoms with van der Waals surface area (Å²) in [6.07, 6.45) is 1.41. The molecule has 1 rings (SSSR count). The molecular formula is C16H27NO. The standard InChI is InChI=1S/C16H27NO/c1-5-14(4)18-12-16-8-6-7-15(9-16)11-17-10-13(2)3/h6-9,13-14,17H,5,10-12H2,1-4H3. The Hall–Kier alpha value is -0.860. The molecule has 0 aromatic heterocycles. The number of ether oxygens (including phenoxy) is 1. The van der Waals surface area contributed by atoms with Crippen molar-refractivity contribution in [2.75, 3.05) is 6.54 Å². The molecule has 0 amide bonds. The van der Waals surface area contributed by atoms with Crippen LogP contribution in [0.4, 0.5) is 0 Å². The Morgan fingerprint density at radius 1 is 1.17 bits per heavy atom. The van der Waals surface area contributed by atoms with Crippen molar-refractivity contribution in [2.45, 2.75) is 53.4 Å². The van der Waals surface area contributed by atoms with E-state index in [1.54, 1.807) is 0 Å². The Morgan fingerprint density at radius 3 is 2.56 bits per heavy atom. The zero-order chi connectivity index (χ0) is 13.4. The lowest BCUT2D eigenvalue weighted by molar-refractivity contribution is 0.0508. The molecule has 1 unspecified atom stereocenters. The summed E-state index contributed by atoms with van der Waals surface area (Å²) in [4.78, 5) is 0. The van der Waals surface area contributed by atoms with E-state index in [4.69, 9.17) is 4.74 Å². The molecule has 0 aliphatic rings. The molecule has 0 fully saturated rings. The lowest BCUT2D eigenvalue weighted by Gasteiger charge is -2.12. The Kier molecular flexibility index (Phi) is 6.99. The summed E-state index contributed by atoms with van der Waals surface area (Å²) in [6.45, 7) is 11.4. The van der Waals surface area contributed by atoms with Gasteiger partial charge in [-0.15, -0.1) is 0 Å². The molecule has 0 bridgehead atoms. The van der Waals surface area contributed by atoms with Gasteiger partial charge in [-0.05, 0) is 36.9 Å². The van der Waals surface area contributed by atoms with Gasteiger partial charge in [-0.2, -0.15) is 0 Å². The van der Waals surface area contributed by atoms with Crippen LogP contribution >= 0.6 is 0 Å². The van der Waals surface area contributed by atoms with Gasteiger partial charge >= 0.3 is 0 Å². The van der Waals surface area contributed by atoms with Crippen LogP contribution < -0.4 is 5.32 Å². The third-order valence-corrected chi connectivity index (χ3v) is 2.98. The van der Waals surface area contributed by atoms with Crippen LogP contribution in [0.25, 0.3) is 0 Å². The smallest absolute Gasteiger partial charge is 0.0720 e. The summed E-state index contributed by atoms with van der Waals surface area (Å²) in [5.41, 5.74) is 2.60. The van der Waals surface area contributed by atoms with Gasteiger partial charge in [0.1, 0.15) is 0 Å². The third kappa shape index (κ3) is 6.18. The monoisotopic (exact) mass is 249 g/mol. The lowest BCUT2D eigenvalue weighted by atomic mass is 10.1. The van der Waals surface area contributed by atoms with Crippen LogP contribution in [0.1, 0.15) is 45.2 Å². The first-order valence-electron chi connectivity index (χ1n) is 7.02. The van der Waals surface area contributed by atoms with Crippen LogP contribution in [0.3, 0.4) is 0 Å². The molecular weight excluding hydrogens is 222 g/mol. The van der Waals surface area contributed by atoms with Crippen molar-refractivity contribution in [2.24, 2.45) is 5.92 Å². The SMILES string of the molecule is CCC(C)OCc1cccc(CNCC(C)C)c1. The lowest BCUT2D eigenvalue weighted by Crippen LogP contribution is -2.19. The maximum atomic E-state index is 5.75. The second-order valence-corrected chi connectivity index (χ2v) is 5.37. The highest BCUT2D eigenvalue weighted by Crippen LogP contribution is 2.09. The second kappa shape index (κ2) is 8.28. The summed E-state index contributed by atoms with van der Waals surface area (Å²) in [6, 6.07) is 8.64. The molecule has 0 spiro atoms. The van der Waals surface area contributed by atoms with Crippen molar-refractivity contribution in [3.05, 3.63) is 35.4 Å². The fourth-order valence-electron chi connectivity index (χ4n) is 1.69. The van der Waals surface area contributed by atoms with Crippen molar-refractivity contribution in [3.63, 3.8) is 0 Å². The molecule has 2 nitrogen and oxygen atoms in total. The minimum absolute atomic E-state index is 0.340. The first-order valence-corrected chi connectivity index (χ1v) is 7.02. The van der Waals surface area contributed by atoms with Gasteiger partial charge in [0.05, 0.1) is 12.7 Å². The summed E-state index contributed by atoms with van der Waals surface area (Å²) < 4.78 is 5.75. The molecule has 0 heterocycles. The van der Waals surface area contributed by atoms with Crippen molar-refractivity contribution < 1.29 is 4.74 Å². The maximum absolute atomic E-state index is 5.75. The van der Waals surface area contributed by atoms with E-state index in [9.17, 15) is 0 Å². The maximum Gasteiger partial charge on any atom is 0.0720 e. The number of nitrogens with one attached hydrogen (secondary N) is 1. The zero-order valence-electron chi connectivity index (χ0n) is 12.2. The van der Waals surface area contributed by atoms with Crippen LogP contribution in [-0.4, -0.2) is 12.6 Å². The van der Waals surface area contributed by atoms with Crippen LogP contribution in [0.15, 0.2) is 24.3 Å². The molecule has 18 heavy (non-hydrogen) atoms. The molecule has 0 saturated heterocycles. The van der Waals surface area contributed by atoms with E-state index in [0.29, 0.717) is 18.6 Å². The van der Waals surface area contributed by atoms with Gasteiger partial charge < -0.3 is 10.1 Å². The molecule has 0 radical (unpaired) electrons. The normalized spacial score (nSPS) is 12.9. The van der Waals surface area contributed by atoms with Crippen molar-refractivity contribution in [1.82, 2.24) is 5.32 Å². The molecule has 1 aromatic carbocycles. The van der Waals surface area contributed by atoms with E-state index >= 15 is 0 Å². The third-order valence-electron chi connectivity index (χ3n) is 2.98. The summed E-state index contributed by atoms with van der Waals surface area (Å²) in [5, 5.41) is 3.46. The van der Waals surface area contributed by atoms with E-state index in [-0.39, 0.29) is 0 Å². The molecule has 0 aliphatic carbocycles. The van der Waals surface area contributed by atoms with E-state index in [1.165, 1.54) is 11.1 Å². The van der Waals surface area contributed by atoms with Gasteiger partial charge in [0.25, 0.3) is 0 Å². The highest BCUT2D eigenvalue weighted by Gasteiger charge is 2.01. The predicted molar refractivity (Wildman–Crippen MR) is 77.5 cm³/mol. The molecule has 0 aliphatic heterocycles. The van der Waals surface area contributed by atoms with Crippen LogP contribution in [0.5, 0.6) is 0 Å². The molecule has 1 atom stereocenters. The molecule has 2 heteroatoms. The summed E-state index contributed by atoms with van der Waals surface area (Å²) in [5.74, 6) is 0.696. The van der Waals surface area contributed by atoms with Gasteiger partial charge in [-0.25, -0.2) is 0 Å². The first kappa shape index (κ1) is 15.2. The van der Waals surface area contributed by atoms with Gasteiger partial charge in [-0.3, -0.25) is 0 Å². The van der Waals surface area contributed by atoms with Crippen molar-refractivity contribution >= 4 is 0 Å². The van der Waals surface area contributed by atoms with Gasteiger partial charge in [0, 0.05) is 6.54 Å². The summed E-state index contributed by atoms with van der Waals surface area (Å²) in [7, 11) is 0. The van der Waals surface area contributed by atoms with Crippen LogP contribution in [0, 0.1) is 5.92 Å².